The smallest absolute Gasteiger partial charge is 0.251 e. The number of carbonyl (C=O) groups excluding carboxylic acids is 3. The second-order valence-electron chi connectivity index (χ2n) is 6.88. The van der Waals surface area contributed by atoms with Gasteiger partial charge in [0, 0.05) is 43.0 Å². The first-order valence-corrected chi connectivity index (χ1v) is 9.38. The average molecular weight is 395 g/mol. The lowest BCUT2D eigenvalue weighted by molar-refractivity contribution is -0.122. The van der Waals surface area contributed by atoms with E-state index in [9.17, 15) is 14.4 Å². The van der Waals surface area contributed by atoms with Gasteiger partial charge in [-0.15, -0.1) is 0 Å². The molecule has 0 aromatic heterocycles. The largest absolute Gasteiger partial charge is 0.486 e. The number of benzene rings is 2. The van der Waals surface area contributed by atoms with Gasteiger partial charge in [-0.05, 0) is 36.4 Å². The zero-order chi connectivity index (χ0) is 20.4. The fourth-order valence-corrected chi connectivity index (χ4v) is 3.43. The Bertz CT molecular complexity index is 957. The number of amides is 3. The van der Waals surface area contributed by atoms with E-state index in [4.69, 9.17) is 9.47 Å². The third kappa shape index (κ3) is 3.87. The van der Waals surface area contributed by atoms with Crippen LogP contribution >= 0.6 is 0 Å². The highest BCUT2D eigenvalue weighted by Crippen LogP contribution is 2.36. The van der Waals surface area contributed by atoms with Crippen molar-refractivity contribution in [3.05, 3.63) is 48.0 Å². The molecule has 0 spiro atoms. The molecule has 8 heteroatoms. The molecule has 0 unspecified atom stereocenters. The van der Waals surface area contributed by atoms with Crippen LogP contribution in [-0.2, 0) is 9.59 Å². The molecule has 0 radical (unpaired) electrons. The zero-order valence-corrected chi connectivity index (χ0v) is 15.9. The lowest BCUT2D eigenvalue weighted by Gasteiger charge is -2.22. The molecule has 0 bridgehead atoms. The van der Waals surface area contributed by atoms with E-state index in [1.54, 1.807) is 54.4 Å². The summed E-state index contributed by atoms with van der Waals surface area (Å²) < 4.78 is 11.1. The minimum absolute atomic E-state index is 0.114. The van der Waals surface area contributed by atoms with Crippen LogP contribution in [0.4, 0.5) is 11.4 Å². The molecule has 8 nitrogen and oxygen atoms in total. The van der Waals surface area contributed by atoms with Gasteiger partial charge in [0.25, 0.3) is 5.91 Å². The summed E-state index contributed by atoms with van der Waals surface area (Å²) in [5, 5.41) is 5.36. The van der Waals surface area contributed by atoms with Gasteiger partial charge in [0.05, 0.1) is 5.92 Å². The van der Waals surface area contributed by atoms with Crippen molar-refractivity contribution in [2.45, 2.75) is 6.42 Å². The Hall–Kier alpha value is -3.55. The molecule has 2 aromatic rings. The Labute approximate surface area is 167 Å². The SMILES string of the molecule is CNC(=O)c1ccc(NC(=O)[C@H]2CC(=O)N(c3ccc4c(c3)OCCO4)C2)cc1. The van der Waals surface area contributed by atoms with E-state index in [-0.39, 0.29) is 24.1 Å². The Morgan fingerprint density at radius 3 is 2.48 bits per heavy atom. The predicted molar refractivity (Wildman–Crippen MR) is 106 cm³/mol. The summed E-state index contributed by atoms with van der Waals surface area (Å²) in [5.41, 5.74) is 1.77. The number of fused-ring (bicyclic) bond motifs is 1. The minimum Gasteiger partial charge on any atom is -0.486 e. The van der Waals surface area contributed by atoms with Crippen molar-refractivity contribution in [2.24, 2.45) is 5.92 Å². The number of hydrogen-bond donors (Lipinski definition) is 2. The zero-order valence-electron chi connectivity index (χ0n) is 15.9. The lowest BCUT2D eigenvalue weighted by atomic mass is 10.1. The molecule has 0 saturated carbocycles. The van der Waals surface area contributed by atoms with Crippen LogP contribution in [0.1, 0.15) is 16.8 Å². The number of hydrogen-bond acceptors (Lipinski definition) is 5. The van der Waals surface area contributed by atoms with E-state index in [1.165, 1.54) is 0 Å². The summed E-state index contributed by atoms with van der Waals surface area (Å²) in [4.78, 5) is 38.3. The highest BCUT2D eigenvalue weighted by molar-refractivity contribution is 6.04. The summed E-state index contributed by atoms with van der Waals surface area (Å²) >= 11 is 0. The maximum atomic E-state index is 12.6. The van der Waals surface area contributed by atoms with E-state index in [0.29, 0.717) is 48.2 Å². The molecular weight excluding hydrogens is 374 g/mol. The third-order valence-corrected chi connectivity index (χ3v) is 4.97. The van der Waals surface area contributed by atoms with Crippen LogP contribution in [0.15, 0.2) is 42.5 Å². The van der Waals surface area contributed by atoms with Crippen molar-refractivity contribution >= 4 is 29.1 Å². The molecule has 2 aromatic carbocycles. The van der Waals surface area contributed by atoms with Crippen LogP contribution in [0.25, 0.3) is 0 Å². The summed E-state index contributed by atoms with van der Waals surface area (Å²) in [6.45, 7) is 1.26. The number of nitrogens with one attached hydrogen (secondary N) is 2. The van der Waals surface area contributed by atoms with Gasteiger partial charge in [-0.2, -0.15) is 0 Å². The normalized spacial score (nSPS) is 17.8. The first-order chi connectivity index (χ1) is 14.0. The first kappa shape index (κ1) is 18.8. The van der Waals surface area contributed by atoms with Gasteiger partial charge in [0.15, 0.2) is 11.5 Å². The van der Waals surface area contributed by atoms with Gasteiger partial charge in [-0.25, -0.2) is 0 Å². The minimum atomic E-state index is -0.464. The van der Waals surface area contributed by atoms with Crippen molar-refractivity contribution in [2.75, 3.05) is 37.0 Å². The van der Waals surface area contributed by atoms with Crippen LogP contribution in [0, 0.1) is 5.92 Å². The molecule has 0 aliphatic carbocycles. The first-order valence-electron chi connectivity index (χ1n) is 9.38. The van der Waals surface area contributed by atoms with E-state index in [0.717, 1.165) is 0 Å². The molecule has 150 valence electrons. The van der Waals surface area contributed by atoms with Crippen molar-refractivity contribution in [3.8, 4) is 11.5 Å². The molecule has 2 N–H and O–H groups in total. The number of ether oxygens (including phenoxy) is 2. The van der Waals surface area contributed by atoms with Crippen LogP contribution in [0.2, 0.25) is 0 Å². The predicted octanol–water partition coefficient (Wildman–Crippen LogP) is 1.81. The maximum Gasteiger partial charge on any atom is 0.251 e. The van der Waals surface area contributed by atoms with E-state index < -0.39 is 5.92 Å². The Morgan fingerprint density at radius 2 is 1.76 bits per heavy atom. The highest BCUT2D eigenvalue weighted by atomic mass is 16.6. The third-order valence-electron chi connectivity index (χ3n) is 4.97. The second-order valence-corrected chi connectivity index (χ2v) is 6.88. The van der Waals surface area contributed by atoms with Gasteiger partial charge in [0.1, 0.15) is 13.2 Å². The monoisotopic (exact) mass is 395 g/mol. The molecule has 2 aliphatic heterocycles. The number of rotatable bonds is 4. The lowest BCUT2D eigenvalue weighted by Crippen LogP contribution is -2.28. The maximum absolute atomic E-state index is 12.6. The van der Waals surface area contributed by atoms with E-state index >= 15 is 0 Å². The van der Waals surface area contributed by atoms with E-state index in [2.05, 4.69) is 10.6 Å². The molecule has 2 aliphatic rings. The Morgan fingerprint density at radius 1 is 1.03 bits per heavy atom. The Kier molecular flexibility index (Phi) is 5.07. The molecule has 4 rings (SSSR count). The molecular formula is C21H21N3O5. The van der Waals surface area contributed by atoms with Crippen molar-refractivity contribution < 1.29 is 23.9 Å². The van der Waals surface area contributed by atoms with Gasteiger partial charge < -0.3 is 25.0 Å². The van der Waals surface area contributed by atoms with Crippen LogP contribution in [0.3, 0.4) is 0 Å². The second kappa shape index (κ2) is 7.83. The fourth-order valence-electron chi connectivity index (χ4n) is 3.43. The molecule has 1 atom stereocenters. The van der Waals surface area contributed by atoms with Gasteiger partial charge in [0.2, 0.25) is 11.8 Å². The number of carbonyl (C=O) groups is 3. The quantitative estimate of drug-likeness (QED) is 0.823. The average Bonchev–Trinajstić information content (AvgIpc) is 3.15. The van der Waals surface area contributed by atoms with Crippen molar-refractivity contribution in [3.63, 3.8) is 0 Å². The number of nitrogens with zero attached hydrogens (tertiary/aromatic N) is 1. The topological polar surface area (TPSA) is 97.0 Å². The Balaban J connectivity index is 1.42. The molecule has 3 amide bonds. The van der Waals surface area contributed by atoms with Gasteiger partial charge in [-0.1, -0.05) is 0 Å². The summed E-state index contributed by atoms with van der Waals surface area (Å²) in [6.07, 6.45) is 0.136. The number of anilines is 2. The summed E-state index contributed by atoms with van der Waals surface area (Å²) in [7, 11) is 1.56. The van der Waals surface area contributed by atoms with E-state index in [1.807, 2.05) is 0 Å². The molecule has 2 heterocycles. The van der Waals surface area contributed by atoms with Crippen LogP contribution < -0.4 is 25.0 Å². The standard InChI is InChI=1S/C21H21N3O5/c1-22-20(26)13-2-4-15(5-3-13)23-21(27)14-10-19(25)24(12-14)16-6-7-17-18(11-16)29-9-8-28-17/h2-7,11,14H,8-10,12H2,1H3,(H,22,26)(H,23,27)/t14-/m0/s1. The van der Waals surface area contributed by atoms with Gasteiger partial charge >= 0.3 is 0 Å². The summed E-state index contributed by atoms with van der Waals surface area (Å²) in [5.74, 6) is 0.253. The van der Waals surface area contributed by atoms with Crippen LogP contribution in [-0.4, -0.2) is 44.5 Å². The van der Waals surface area contributed by atoms with Crippen molar-refractivity contribution in [1.82, 2.24) is 5.32 Å². The molecule has 29 heavy (non-hydrogen) atoms. The van der Waals surface area contributed by atoms with Crippen molar-refractivity contribution in [1.29, 1.82) is 0 Å². The van der Waals surface area contributed by atoms with Crippen LogP contribution in [0.5, 0.6) is 11.5 Å². The molecule has 1 fully saturated rings. The summed E-state index contributed by atoms with van der Waals surface area (Å²) in [6, 6.07) is 11.9. The highest BCUT2D eigenvalue weighted by Gasteiger charge is 2.35. The fraction of sp³-hybridized carbons (Fsp3) is 0.286. The molecule has 1 saturated heterocycles. The van der Waals surface area contributed by atoms with Gasteiger partial charge in [-0.3, -0.25) is 14.4 Å².